The van der Waals surface area contributed by atoms with E-state index in [-0.39, 0.29) is 5.38 Å². The van der Waals surface area contributed by atoms with Gasteiger partial charge in [0.05, 0.1) is 12.0 Å². The molecule has 1 unspecified atom stereocenters. The Morgan fingerprint density at radius 3 is 1.92 bits per heavy atom. The van der Waals surface area contributed by atoms with Crippen molar-refractivity contribution in [2.24, 2.45) is 5.92 Å². The van der Waals surface area contributed by atoms with Crippen LogP contribution in [0.1, 0.15) is 20.8 Å². The summed E-state index contributed by atoms with van der Waals surface area (Å²) >= 11 is 5.79. The first-order chi connectivity index (χ1) is 5.83. The van der Waals surface area contributed by atoms with Crippen molar-refractivity contribution >= 4 is 20.2 Å². The van der Waals surface area contributed by atoms with E-state index < -0.39 is 8.56 Å². The summed E-state index contributed by atoms with van der Waals surface area (Å²) in [6, 6.07) is 0. The van der Waals surface area contributed by atoms with E-state index in [9.17, 15) is 0 Å². The molecule has 0 aliphatic rings. The quantitative estimate of drug-likeness (QED) is 0.510. The van der Waals surface area contributed by atoms with Gasteiger partial charge in [-0.3, -0.25) is 0 Å². The van der Waals surface area contributed by atoms with Crippen LogP contribution in [0.3, 0.4) is 0 Å². The molecule has 0 aromatic heterocycles. The Kier molecular flexibility index (Phi) is 6.21. The molecule has 0 saturated heterocycles. The predicted molar refractivity (Wildman–Crippen MR) is 59.5 cm³/mol. The Morgan fingerprint density at radius 2 is 1.54 bits per heavy atom. The van der Waals surface area contributed by atoms with E-state index in [0.29, 0.717) is 12.5 Å². The van der Waals surface area contributed by atoms with Gasteiger partial charge in [0, 0.05) is 6.61 Å². The minimum atomic E-state index is -1.91. The fourth-order valence-corrected chi connectivity index (χ4v) is 2.36. The first kappa shape index (κ1) is 13.4. The topological polar surface area (TPSA) is 18.5 Å². The van der Waals surface area contributed by atoms with Crippen molar-refractivity contribution in [3.8, 4) is 0 Å². The highest BCUT2D eigenvalue weighted by Crippen LogP contribution is 2.10. The van der Waals surface area contributed by atoms with Crippen LogP contribution in [0, 0.1) is 5.92 Å². The Labute approximate surface area is 87.8 Å². The monoisotopic (exact) mass is 224 g/mol. The Bertz CT molecular complexity index is 124. The Balaban J connectivity index is 3.66. The van der Waals surface area contributed by atoms with Crippen LogP contribution in [0.15, 0.2) is 0 Å². The van der Waals surface area contributed by atoms with Crippen LogP contribution in [0.2, 0.25) is 13.1 Å². The first-order valence-electron chi connectivity index (χ1n) is 4.75. The first-order valence-corrected chi connectivity index (χ1v) is 8.01. The Hall–Kier alpha value is 0.427. The van der Waals surface area contributed by atoms with E-state index in [2.05, 4.69) is 26.9 Å². The summed E-state index contributed by atoms with van der Waals surface area (Å²) in [5.74, 6) is 0.559. The molecule has 1 atom stereocenters. The number of hydrogen-bond donors (Lipinski definition) is 0. The molecular formula is C9H21ClO2Si. The van der Waals surface area contributed by atoms with Crippen molar-refractivity contribution in [1.82, 2.24) is 0 Å². The summed E-state index contributed by atoms with van der Waals surface area (Å²) in [5, 5.41) is 0.0643. The van der Waals surface area contributed by atoms with Gasteiger partial charge in [-0.05, 0) is 25.9 Å². The van der Waals surface area contributed by atoms with E-state index in [4.69, 9.17) is 20.5 Å². The minimum absolute atomic E-state index is 0.0643. The predicted octanol–water partition coefficient (Wildman–Crippen LogP) is 3.00. The molecule has 0 aromatic rings. The summed E-state index contributed by atoms with van der Waals surface area (Å²) in [6.45, 7) is 11.6. The highest BCUT2D eigenvalue weighted by atomic mass is 35.5. The third kappa shape index (κ3) is 8.75. The fraction of sp³-hybridized carbons (Fsp3) is 1.00. The van der Waals surface area contributed by atoms with Crippen molar-refractivity contribution in [2.45, 2.75) is 39.2 Å². The zero-order valence-corrected chi connectivity index (χ0v) is 11.0. The van der Waals surface area contributed by atoms with Crippen LogP contribution < -0.4 is 0 Å². The van der Waals surface area contributed by atoms with Gasteiger partial charge in [0.1, 0.15) is 0 Å². The highest BCUT2D eigenvalue weighted by molar-refractivity contribution is 6.64. The van der Waals surface area contributed by atoms with Gasteiger partial charge in [0.2, 0.25) is 0 Å². The average Bonchev–Trinajstić information content (AvgIpc) is 1.98. The van der Waals surface area contributed by atoms with Gasteiger partial charge in [-0.25, -0.2) is 0 Å². The van der Waals surface area contributed by atoms with Gasteiger partial charge in [-0.2, -0.15) is 0 Å². The molecule has 0 aliphatic carbocycles. The summed E-state index contributed by atoms with van der Waals surface area (Å²) in [7, 11) is -1.91. The van der Waals surface area contributed by atoms with Gasteiger partial charge >= 0.3 is 8.56 Å². The molecular weight excluding hydrogens is 204 g/mol. The maximum Gasteiger partial charge on any atom is 0.331 e. The normalized spacial score (nSPS) is 15.0. The number of alkyl halides is 1. The molecule has 0 amide bonds. The lowest BCUT2D eigenvalue weighted by Gasteiger charge is -2.24. The summed E-state index contributed by atoms with van der Waals surface area (Å²) in [5.41, 5.74) is 0. The van der Waals surface area contributed by atoms with Gasteiger partial charge in [-0.1, -0.05) is 13.8 Å². The zero-order valence-electron chi connectivity index (χ0n) is 9.26. The molecule has 13 heavy (non-hydrogen) atoms. The molecule has 0 aromatic carbocycles. The van der Waals surface area contributed by atoms with Crippen molar-refractivity contribution in [3.63, 3.8) is 0 Å². The fourth-order valence-electron chi connectivity index (χ4n) is 0.725. The maximum absolute atomic E-state index is 5.79. The Morgan fingerprint density at radius 1 is 1.08 bits per heavy atom. The smallest absolute Gasteiger partial charge is 0.331 e. The SMILES string of the molecule is CC(C)CO[Si](C)(C)OCC(C)Cl. The second kappa shape index (κ2) is 6.01. The van der Waals surface area contributed by atoms with Crippen LogP contribution in [-0.4, -0.2) is 27.2 Å². The van der Waals surface area contributed by atoms with E-state index >= 15 is 0 Å². The number of hydrogen-bond acceptors (Lipinski definition) is 2. The molecule has 0 saturated carbocycles. The molecule has 80 valence electrons. The van der Waals surface area contributed by atoms with E-state index in [1.54, 1.807) is 0 Å². The minimum Gasteiger partial charge on any atom is -0.394 e. The largest absolute Gasteiger partial charge is 0.394 e. The maximum atomic E-state index is 5.79. The molecule has 4 heteroatoms. The van der Waals surface area contributed by atoms with Gasteiger partial charge in [0.15, 0.2) is 0 Å². The average molecular weight is 225 g/mol. The van der Waals surface area contributed by atoms with Gasteiger partial charge in [0.25, 0.3) is 0 Å². The summed E-state index contributed by atoms with van der Waals surface area (Å²) in [6.07, 6.45) is 0. The van der Waals surface area contributed by atoms with Crippen LogP contribution >= 0.6 is 11.6 Å². The van der Waals surface area contributed by atoms with Gasteiger partial charge in [-0.15, -0.1) is 11.6 Å². The van der Waals surface area contributed by atoms with Crippen molar-refractivity contribution < 1.29 is 8.85 Å². The second-order valence-electron chi connectivity index (χ2n) is 4.20. The molecule has 0 spiro atoms. The lowest BCUT2D eigenvalue weighted by atomic mass is 10.2. The van der Waals surface area contributed by atoms with E-state index in [1.807, 2.05) is 6.92 Å². The highest BCUT2D eigenvalue weighted by Gasteiger charge is 2.25. The molecule has 2 nitrogen and oxygen atoms in total. The van der Waals surface area contributed by atoms with E-state index in [0.717, 1.165) is 6.61 Å². The molecule has 0 radical (unpaired) electrons. The third-order valence-electron chi connectivity index (χ3n) is 1.42. The number of rotatable bonds is 6. The van der Waals surface area contributed by atoms with Crippen molar-refractivity contribution in [1.29, 1.82) is 0 Å². The zero-order chi connectivity index (χ0) is 10.5. The molecule has 0 aliphatic heterocycles. The van der Waals surface area contributed by atoms with Crippen LogP contribution in [0.5, 0.6) is 0 Å². The lowest BCUT2D eigenvalue weighted by molar-refractivity contribution is 0.163. The number of halogens is 1. The third-order valence-corrected chi connectivity index (χ3v) is 3.27. The molecule has 0 rings (SSSR count). The second-order valence-corrected chi connectivity index (χ2v) is 8.32. The summed E-state index contributed by atoms with van der Waals surface area (Å²) in [4.78, 5) is 0. The van der Waals surface area contributed by atoms with Crippen LogP contribution in [0.25, 0.3) is 0 Å². The van der Waals surface area contributed by atoms with Gasteiger partial charge < -0.3 is 8.85 Å². The summed E-state index contributed by atoms with van der Waals surface area (Å²) < 4.78 is 11.3. The molecule has 0 bridgehead atoms. The molecule has 0 fully saturated rings. The van der Waals surface area contributed by atoms with E-state index in [1.165, 1.54) is 0 Å². The molecule has 0 N–H and O–H groups in total. The van der Waals surface area contributed by atoms with Crippen molar-refractivity contribution in [3.05, 3.63) is 0 Å². The lowest BCUT2D eigenvalue weighted by Crippen LogP contribution is -2.37. The van der Waals surface area contributed by atoms with Crippen molar-refractivity contribution in [2.75, 3.05) is 13.2 Å². The standard InChI is InChI=1S/C9H21ClO2Si/c1-8(2)6-11-13(4,5)12-7-9(3)10/h8-9H,6-7H2,1-5H3. The van der Waals surface area contributed by atoms with Crippen LogP contribution in [0.4, 0.5) is 0 Å². The molecule has 0 heterocycles. The van der Waals surface area contributed by atoms with Crippen LogP contribution in [-0.2, 0) is 8.85 Å².